The molecule has 0 spiro atoms. The molecule has 3 aromatic rings. The van der Waals surface area contributed by atoms with Crippen molar-refractivity contribution >= 4 is 29.1 Å². The number of anilines is 3. The standard InChI is InChI=1S/C25H22F2N4O4/c1-15(26)24(33)29-13-18-14-31(25(34)35-18)17-7-9-21(19(27)12-17)30-22-8-5-16(6-10-23(22)32)20-4-2-3-11-28-20/h2-12,15,18H,13-14H2,1H3,(H,29,33)(H,30,32)/t15?,18-/m0/s1. The number of nitrogens with one attached hydrogen (secondary N) is 2. The molecule has 2 heterocycles. The zero-order valence-corrected chi connectivity index (χ0v) is 18.7. The smallest absolute Gasteiger partial charge is 0.414 e. The summed E-state index contributed by atoms with van der Waals surface area (Å²) in [5.41, 5.74) is 1.53. The fraction of sp³-hybridized carbons (Fsp3) is 0.200. The average Bonchev–Trinajstić information content (AvgIpc) is 3.12. The van der Waals surface area contributed by atoms with Gasteiger partial charge in [0.1, 0.15) is 11.9 Å². The minimum Gasteiger partial charge on any atom is -0.442 e. The SMILES string of the molecule is CC(F)C(=O)NC[C@H]1CN(c2ccc(Nc3ccc(-c4ccccn4)ccc3=O)c(F)c2)C(=O)O1. The normalized spacial score (nSPS) is 15.9. The van der Waals surface area contributed by atoms with Gasteiger partial charge in [0.25, 0.3) is 5.91 Å². The zero-order chi connectivity index (χ0) is 24.9. The number of nitrogens with zero attached hydrogens (tertiary/aromatic N) is 2. The Kier molecular flexibility index (Phi) is 7.00. The third-order valence-electron chi connectivity index (χ3n) is 5.34. The Hall–Kier alpha value is -4.34. The third-order valence-corrected chi connectivity index (χ3v) is 5.34. The van der Waals surface area contributed by atoms with Crippen molar-refractivity contribution < 1.29 is 23.1 Å². The molecular formula is C25H22F2N4O4. The Balaban J connectivity index is 1.47. The molecule has 0 radical (unpaired) electrons. The molecule has 0 bridgehead atoms. The summed E-state index contributed by atoms with van der Waals surface area (Å²) < 4.78 is 33.0. The molecule has 0 saturated carbocycles. The predicted molar refractivity (Wildman–Crippen MR) is 127 cm³/mol. The van der Waals surface area contributed by atoms with Gasteiger partial charge >= 0.3 is 6.09 Å². The predicted octanol–water partition coefficient (Wildman–Crippen LogP) is 3.79. The monoisotopic (exact) mass is 480 g/mol. The lowest BCUT2D eigenvalue weighted by Gasteiger charge is -2.15. The maximum absolute atomic E-state index is 14.9. The first kappa shape index (κ1) is 23.8. The molecule has 4 rings (SSSR count). The van der Waals surface area contributed by atoms with E-state index < -0.39 is 30.1 Å². The Bertz CT molecular complexity index is 1300. The molecular weight excluding hydrogens is 458 g/mol. The molecule has 1 fully saturated rings. The largest absolute Gasteiger partial charge is 0.442 e. The van der Waals surface area contributed by atoms with Gasteiger partial charge in [-0.2, -0.15) is 0 Å². The number of amides is 2. The van der Waals surface area contributed by atoms with Gasteiger partial charge in [0.15, 0.2) is 6.17 Å². The van der Waals surface area contributed by atoms with Crippen LogP contribution in [0.1, 0.15) is 6.92 Å². The number of alkyl halides is 1. The summed E-state index contributed by atoms with van der Waals surface area (Å²) in [4.78, 5) is 41.6. The van der Waals surface area contributed by atoms with Gasteiger partial charge in [-0.3, -0.25) is 19.5 Å². The quantitative estimate of drug-likeness (QED) is 0.534. The fourth-order valence-corrected chi connectivity index (χ4v) is 3.49. The second-order valence-electron chi connectivity index (χ2n) is 7.88. The maximum Gasteiger partial charge on any atom is 0.414 e. The number of benzene rings is 1. The van der Waals surface area contributed by atoms with Crippen LogP contribution in [0.2, 0.25) is 0 Å². The molecule has 8 nitrogen and oxygen atoms in total. The van der Waals surface area contributed by atoms with Gasteiger partial charge in [-0.15, -0.1) is 0 Å². The number of cyclic esters (lactones) is 1. The summed E-state index contributed by atoms with van der Waals surface area (Å²) in [5.74, 6) is -1.49. The van der Waals surface area contributed by atoms with E-state index in [1.54, 1.807) is 30.5 Å². The fourth-order valence-electron chi connectivity index (χ4n) is 3.49. The number of carbonyl (C=O) groups is 2. The molecule has 2 atom stereocenters. The summed E-state index contributed by atoms with van der Waals surface area (Å²) in [5, 5.41) is 5.15. The number of hydrogen-bond acceptors (Lipinski definition) is 6. The molecule has 180 valence electrons. The number of hydrogen-bond donors (Lipinski definition) is 2. The molecule has 1 unspecified atom stereocenters. The number of carbonyl (C=O) groups excluding carboxylic acids is 2. The summed E-state index contributed by atoms with van der Waals surface area (Å²) >= 11 is 0. The number of rotatable bonds is 7. The van der Waals surface area contributed by atoms with E-state index in [4.69, 9.17) is 4.74 Å². The van der Waals surface area contributed by atoms with Crippen LogP contribution in [0.15, 0.2) is 71.7 Å². The topological polar surface area (TPSA) is 101 Å². The van der Waals surface area contributed by atoms with Gasteiger partial charge in [0.2, 0.25) is 5.43 Å². The highest BCUT2D eigenvalue weighted by Gasteiger charge is 2.33. The minimum absolute atomic E-state index is 0.0461. The highest BCUT2D eigenvalue weighted by atomic mass is 19.1. The molecule has 2 N–H and O–H groups in total. The lowest BCUT2D eigenvalue weighted by Crippen LogP contribution is -2.37. The van der Waals surface area contributed by atoms with Crippen molar-refractivity contribution in [2.24, 2.45) is 0 Å². The van der Waals surface area contributed by atoms with Gasteiger partial charge < -0.3 is 15.4 Å². The van der Waals surface area contributed by atoms with Gasteiger partial charge in [-0.05, 0) is 55.5 Å². The van der Waals surface area contributed by atoms with Gasteiger partial charge in [0.05, 0.1) is 35.8 Å². The number of pyridine rings is 1. The molecule has 10 heteroatoms. The van der Waals surface area contributed by atoms with Gasteiger partial charge in [0, 0.05) is 11.8 Å². The van der Waals surface area contributed by atoms with E-state index in [1.807, 2.05) is 12.1 Å². The van der Waals surface area contributed by atoms with Crippen molar-refractivity contribution in [1.29, 1.82) is 0 Å². The average molecular weight is 480 g/mol. The Labute approximate surface area is 199 Å². The van der Waals surface area contributed by atoms with Crippen molar-refractivity contribution in [2.75, 3.05) is 23.3 Å². The first-order valence-electron chi connectivity index (χ1n) is 10.8. The van der Waals surface area contributed by atoms with Crippen LogP contribution in [0.25, 0.3) is 11.3 Å². The molecule has 2 amide bonds. The van der Waals surface area contributed by atoms with Gasteiger partial charge in [-0.1, -0.05) is 12.1 Å². The van der Waals surface area contributed by atoms with E-state index >= 15 is 0 Å². The van der Waals surface area contributed by atoms with Crippen LogP contribution in [-0.4, -0.2) is 42.3 Å². The molecule has 0 aliphatic carbocycles. The lowest BCUT2D eigenvalue weighted by molar-refractivity contribution is -0.125. The van der Waals surface area contributed by atoms with Crippen molar-refractivity contribution in [1.82, 2.24) is 10.3 Å². The van der Waals surface area contributed by atoms with E-state index in [-0.39, 0.29) is 35.6 Å². The van der Waals surface area contributed by atoms with Crippen molar-refractivity contribution in [3.63, 3.8) is 0 Å². The molecule has 1 aromatic heterocycles. The van der Waals surface area contributed by atoms with E-state index in [0.29, 0.717) is 5.69 Å². The summed E-state index contributed by atoms with van der Waals surface area (Å²) in [6.45, 7) is 1.10. The van der Waals surface area contributed by atoms with Crippen LogP contribution < -0.4 is 21.0 Å². The second kappa shape index (κ2) is 10.3. The molecule has 2 aromatic carbocycles. The maximum atomic E-state index is 14.9. The zero-order valence-electron chi connectivity index (χ0n) is 18.7. The van der Waals surface area contributed by atoms with Crippen LogP contribution >= 0.6 is 0 Å². The van der Waals surface area contributed by atoms with Crippen LogP contribution in [0.4, 0.5) is 30.6 Å². The van der Waals surface area contributed by atoms with Gasteiger partial charge in [-0.25, -0.2) is 13.6 Å². The van der Waals surface area contributed by atoms with E-state index in [1.165, 1.54) is 23.1 Å². The number of ether oxygens (including phenoxy) is 1. The summed E-state index contributed by atoms with van der Waals surface area (Å²) in [7, 11) is 0. The highest BCUT2D eigenvalue weighted by molar-refractivity contribution is 5.90. The van der Waals surface area contributed by atoms with Crippen LogP contribution in [-0.2, 0) is 9.53 Å². The first-order valence-corrected chi connectivity index (χ1v) is 10.8. The third kappa shape index (κ3) is 5.60. The summed E-state index contributed by atoms with van der Waals surface area (Å²) in [6.07, 6.45) is -1.45. The highest BCUT2D eigenvalue weighted by Crippen LogP contribution is 2.27. The Morgan fingerprint density at radius 3 is 2.63 bits per heavy atom. The van der Waals surface area contributed by atoms with E-state index in [2.05, 4.69) is 15.6 Å². The molecule has 1 aliphatic rings. The van der Waals surface area contributed by atoms with E-state index in [0.717, 1.165) is 18.6 Å². The Morgan fingerprint density at radius 2 is 1.91 bits per heavy atom. The first-order chi connectivity index (χ1) is 16.8. The van der Waals surface area contributed by atoms with E-state index in [9.17, 15) is 23.2 Å². The minimum atomic E-state index is -1.68. The number of halogens is 2. The van der Waals surface area contributed by atoms with Crippen LogP contribution in [0.3, 0.4) is 0 Å². The lowest BCUT2D eigenvalue weighted by atomic mass is 10.2. The second-order valence-corrected chi connectivity index (χ2v) is 7.88. The van der Waals surface area contributed by atoms with Crippen molar-refractivity contribution in [3.05, 3.63) is 82.9 Å². The molecule has 1 saturated heterocycles. The Morgan fingerprint density at radius 1 is 1.14 bits per heavy atom. The van der Waals surface area contributed by atoms with Crippen LogP contribution in [0.5, 0.6) is 0 Å². The van der Waals surface area contributed by atoms with Crippen molar-refractivity contribution in [2.45, 2.75) is 19.2 Å². The van der Waals surface area contributed by atoms with Crippen LogP contribution in [0, 0.1) is 5.82 Å². The summed E-state index contributed by atoms with van der Waals surface area (Å²) in [6, 6.07) is 15.8. The molecule has 1 aliphatic heterocycles. The molecule has 35 heavy (non-hydrogen) atoms. The van der Waals surface area contributed by atoms with Crippen molar-refractivity contribution in [3.8, 4) is 11.3 Å². The number of aromatic nitrogens is 1.